The first-order valence-corrected chi connectivity index (χ1v) is 8.37. The molecule has 0 unspecified atom stereocenters. The van der Waals surface area contributed by atoms with E-state index in [-0.39, 0.29) is 19.1 Å². The van der Waals surface area contributed by atoms with Gasteiger partial charge in [-0.05, 0) is 36.8 Å². The van der Waals surface area contributed by atoms with Crippen LogP contribution in [0.4, 0.5) is 0 Å². The second-order valence-corrected chi connectivity index (χ2v) is 6.46. The molecule has 5 nitrogen and oxygen atoms in total. The van der Waals surface area contributed by atoms with Crippen LogP contribution in [-0.2, 0) is 15.1 Å². The Morgan fingerprint density at radius 1 is 1.28 bits per heavy atom. The van der Waals surface area contributed by atoms with Crippen molar-refractivity contribution in [3.05, 3.63) is 59.1 Å². The van der Waals surface area contributed by atoms with Gasteiger partial charge in [-0.1, -0.05) is 35.9 Å². The van der Waals surface area contributed by atoms with Crippen molar-refractivity contribution in [2.75, 3.05) is 20.3 Å². The SMILES string of the molecule is CO[C@](C)(CNC(=O)[C@H]1COc2ccccc2O1)c1cccc(Cl)c1. The Balaban J connectivity index is 1.65. The van der Waals surface area contributed by atoms with E-state index in [1.165, 1.54) is 0 Å². The van der Waals surface area contributed by atoms with E-state index in [9.17, 15) is 4.79 Å². The number of halogens is 1. The maximum atomic E-state index is 12.5. The van der Waals surface area contributed by atoms with Gasteiger partial charge in [-0.25, -0.2) is 0 Å². The van der Waals surface area contributed by atoms with Crippen LogP contribution >= 0.6 is 11.6 Å². The first-order chi connectivity index (χ1) is 12.0. The summed E-state index contributed by atoms with van der Waals surface area (Å²) in [4.78, 5) is 12.5. The normalized spacial score (nSPS) is 18.3. The standard InChI is InChI=1S/C19H20ClNO4/c1-19(23-2,13-6-5-7-14(20)10-13)12-21-18(22)17-11-24-15-8-3-4-9-16(15)25-17/h3-10,17H,11-12H2,1-2H3,(H,21,22)/t17-,19-/m1/s1. The van der Waals surface area contributed by atoms with E-state index in [1.54, 1.807) is 19.2 Å². The lowest BCUT2D eigenvalue weighted by atomic mass is 9.95. The summed E-state index contributed by atoms with van der Waals surface area (Å²) in [6.45, 7) is 2.35. The molecule has 0 aromatic heterocycles. The van der Waals surface area contributed by atoms with Gasteiger partial charge in [0.05, 0.1) is 6.54 Å². The lowest BCUT2D eigenvalue weighted by Crippen LogP contribution is -2.48. The predicted octanol–water partition coefficient (Wildman–Crippen LogP) is 3.16. The molecule has 0 bridgehead atoms. The first kappa shape index (κ1) is 17.6. The number of methoxy groups -OCH3 is 1. The highest BCUT2D eigenvalue weighted by Gasteiger charge is 2.31. The molecule has 0 radical (unpaired) electrons. The summed E-state index contributed by atoms with van der Waals surface area (Å²) in [6.07, 6.45) is -0.699. The van der Waals surface area contributed by atoms with Gasteiger partial charge in [0.1, 0.15) is 12.2 Å². The zero-order valence-electron chi connectivity index (χ0n) is 14.1. The third-order valence-corrected chi connectivity index (χ3v) is 4.52. The van der Waals surface area contributed by atoms with Crippen molar-refractivity contribution >= 4 is 17.5 Å². The van der Waals surface area contributed by atoms with Crippen molar-refractivity contribution in [3.8, 4) is 11.5 Å². The molecule has 25 heavy (non-hydrogen) atoms. The van der Waals surface area contributed by atoms with Crippen LogP contribution < -0.4 is 14.8 Å². The molecular weight excluding hydrogens is 342 g/mol. The fourth-order valence-corrected chi connectivity index (χ4v) is 2.82. The summed E-state index contributed by atoms with van der Waals surface area (Å²) in [7, 11) is 1.60. The van der Waals surface area contributed by atoms with E-state index < -0.39 is 11.7 Å². The Morgan fingerprint density at radius 3 is 2.76 bits per heavy atom. The quantitative estimate of drug-likeness (QED) is 0.888. The first-order valence-electron chi connectivity index (χ1n) is 7.99. The molecule has 1 aliphatic rings. The van der Waals surface area contributed by atoms with Crippen LogP contribution in [0.15, 0.2) is 48.5 Å². The van der Waals surface area contributed by atoms with Crippen LogP contribution in [0.3, 0.4) is 0 Å². The highest BCUT2D eigenvalue weighted by atomic mass is 35.5. The van der Waals surface area contributed by atoms with Gasteiger partial charge in [-0.3, -0.25) is 4.79 Å². The fourth-order valence-electron chi connectivity index (χ4n) is 2.63. The molecule has 0 aliphatic carbocycles. The van der Waals surface area contributed by atoms with Gasteiger partial charge in [0.2, 0.25) is 6.10 Å². The summed E-state index contributed by atoms with van der Waals surface area (Å²) in [5.74, 6) is 0.963. The number of ether oxygens (including phenoxy) is 3. The van der Waals surface area contributed by atoms with Gasteiger partial charge < -0.3 is 19.5 Å². The molecule has 0 spiro atoms. The lowest BCUT2D eigenvalue weighted by molar-refractivity contribution is -0.131. The third kappa shape index (κ3) is 3.89. The molecule has 1 N–H and O–H groups in total. The molecule has 2 aromatic rings. The van der Waals surface area contributed by atoms with E-state index in [0.717, 1.165) is 5.56 Å². The number of benzene rings is 2. The van der Waals surface area contributed by atoms with Crippen molar-refractivity contribution in [3.63, 3.8) is 0 Å². The monoisotopic (exact) mass is 361 g/mol. The van der Waals surface area contributed by atoms with Gasteiger partial charge in [0, 0.05) is 12.1 Å². The van der Waals surface area contributed by atoms with Crippen LogP contribution in [0.5, 0.6) is 11.5 Å². The molecule has 2 aromatic carbocycles. The summed E-state index contributed by atoms with van der Waals surface area (Å²) in [6, 6.07) is 14.7. The molecule has 1 amide bonds. The average Bonchev–Trinajstić information content (AvgIpc) is 2.65. The smallest absolute Gasteiger partial charge is 0.264 e. The molecule has 3 rings (SSSR count). The topological polar surface area (TPSA) is 56.8 Å². The van der Waals surface area contributed by atoms with Gasteiger partial charge in [0.15, 0.2) is 11.5 Å². The third-order valence-electron chi connectivity index (χ3n) is 4.29. The Hall–Kier alpha value is -2.24. The fraction of sp³-hybridized carbons (Fsp3) is 0.316. The van der Waals surface area contributed by atoms with E-state index >= 15 is 0 Å². The van der Waals surface area contributed by atoms with Gasteiger partial charge in [0.25, 0.3) is 5.91 Å². The zero-order chi connectivity index (χ0) is 17.9. The zero-order valence-corrected chi connectivity index (χ0v) is 14.9. The van der Waals surface area contributed by atoms with Crippen molar-refractivity contribution in [1.29, 1.82) is 0 Å². The largest absolute Gasteiger partial charge is 0.485 e. The van der Waals surface area contributed by atoms with E-state index in [1.807, 2.05) is 43.3 Å². The highest BCUT2D eigenvalue weighted by Crippen LogP contribution is 2.31. The summed E-state index contributed by atoms with van der Waals surface area (Å²) < 4.78 is 16.9. The Kier molecular flexibility index (Phi) is 5.16. The maximum Gasteiger partial charge on any atom is 0.264 e. The molecule has 2 atom stereocenters. The summed E-state index contributed by atoms with van der Waals surface area (Å²) in [5, 5.41) is 3.50. The molecule has 1 heterocycles. The number of hydrogen-bond donors (Lipinski definition) is 1. The van der Waals surface area contributed by atoms with E-state index in [4.69, 9.17) is 25.8 Å². The minimum absolute atomic E-state index is 0.170. The van der Waals surface area contributed by atoms with Gasteiger partial charge >= 0.3 is 0 Å². The van der Waals surface area contributed by atoms with E-state index in [0.29, 0.717) is 16.5 Å². The number of rotatable bonds is 5. The second kappa shape index (κ2) is 7.33. The van der Waals surface area contributed by atoms with Crippen LogP contribution in [0.2, 0.25) is 5.02 Å². The lowest BCUT2D eigenvalue weighted by Gasteiger charge is -2.31. The molecule has 1 aliphatic heterocycles. The molecule has 0 saturated carbocycles. The minimum Gasteiger partial charge on any atom is -0.485 e. The maximum absolute atomic E-state index is 12.5. The molecule has 0 fully saturated rings. The number of fused-ring (bicyclic) bond motifs is 1. The van der Waals surface area contributed by atoms with Crippen molar-refractivity contribution < 1.29 is 19.0 Å². The average molecular weight is 362 g/mol. The van der Waals surface area contributed by atoms with E-state index in [2.05, 4.69) is 5.32 Å². The van der Waals surface area contributed by atoms with Crippen molar-refractivity contribution in [2.45, 2.75) is 18.6 Å². The highest BCUT2D eigenvalue weighted by molar-refractivity contribution is 6.30. The number of nitrogens with one attached hydrogen (secondary N) is 1. The summed E-state index contributed by atoms with van der Waals surface area (Å²) >= 11 is 6.06. The number of carbonyl (C=O) groups is 1. The Bertz CT molecular complexity index is 767. The van der Waals surface area contributed by atoms with Crippen LogP contribution in [0.25, 0.3) is 0 Å². The molecule has 0 saturated heterocycles. The molecule has 6 heteroatoms. The van der Waals surface area contributed by atoms with Crippen LogP contribution in [0, 0.1) is 0 Å². The van der Waals surface area contributed by atoms with Gasteiger partial charge in [-0.15, -0.1) is 0 Å². The van der Waals surface area contributed by atoms with Gasteiger partial charge in [-0.2, -0.15) is 0 Å². The molecule has 132 valence electrons. The van der Waals surface area contributed by atoms with Crippen LogP contribution in [0.1, 0.15) is 12.5 Å². The number of para-hydroxylation sites is 2. The van der Waals surface area contributed by atoms with Crippen molar-refractivity contribution in [1.82, 2.24) is 5.32 Å². The van der Waals surface area contributed by atoms with Crippen LogP contribution in [-0.4, -0.2) is 32.3 Å². The second-order valence-electron chi connectivity index (χ2n) is 6.03. The number of amides is 1. The summed E-state index contributed by atoms with van der Waals surface area (Å²) in [5.41, 5.74) is 0.183. The number of carbonyl (C=O) groups excluding carboxylic acids is 1. The minimum atomic E-state index is -0.700. The van der Waals surface area contributed by atoms with Crippen molar-refractivity contribution in [2.24, 2.45) is 0 Å². The predicted molar refractivity (Wildman–Crippen MR) is 95.2 cm³/mol. The Labute approximate surface area is 151 Å². The molecular formula is C19H20ClNO4. The Morgan fingerprint density at radius 2 is 2.04 bits per heavy atom. The number of hydrogen-bond acceptors (Lipinski definition) is 4.